The quantitative estimate of drug-likeness (QED) is 0.810. The number of ether oxygens (including phenoxy) is 1. The molecule has 0 saturated carbocycles. The van der Waals surface area contributed by atoms with E-state index in [0.29, 0.717) is 31.7 Å². The molecule has 0 bridgehead atoms. The molecule has 2 N–H and O–H groups in total. The first-order valence-corrected chi connectivity index (χ1v) is 9.83. The SMILES string of the molecule is CN(C[C@H]1CCCO1)S(=O)(=O)c1sc2c(c1C(=O)O)CCNC2. The van der Waals surface area contributed by atoms with E-state index in [9.17, 15) is 18.3 Å². The third-order valence-corrected chi connectivity index (χ3v) is 7.79. The van der Waals surface area contributed by atoms with Crippen molar-refractivity contribution in [3.8, 4) is 0 Å². The molecular formula is C14H20N2O5S2. The number of nitrogens with zero attached hydrogens (tertiary/aromatic N) is 1. The summed E-state index contributed by atoms with van der Waals surface area (Å²) in [7, 11) is -2.35. The number of hydrogen-bond acceptors (Lipinski definition) is 6. The van der Waals surface area contributed by atoms with Gasteiger partial charge in [0.25, 0.3) is 10.0 Å². The smallest absolute Gasteiger partial charge is 0.338 e. The summed E-state index contributed by atoms with van der Waals surface area (Å²) in [4.78, 5) is 12.5. The highest BCUT2D eigenvalue weighted by atomic mass is 32.2. The van der Waals surface area contributed by atoms with Gasteiger partial charge in [0.05, 0.1) is 11.7 Å². The molecule has 2 aliphatic heterocycles. The lowest BCUT2D eigenvalue weighted by molar-refractivity contribution is 0.0692. The monoisotopic (exact) mass is 360 g/mol. The fourth-order valence-corrected chi connectivity index (χ4v) is 6.28. The van der Waals surface area contributed by atoms with Crippen LogP contribution in [0.1, 0.15) is 33.6 Å². The van der Waals surface area contributed by atoms with Crippen LogP contribution in [0.4, 0.5) is 0 Å². The Morgan fingerprint density at radius 3 is 2.96 bits per heavy atom. The van der Waals surface area contributed by atoms with Crippen LogP contribution in [-0.2, 0) is 27.7 Å². The van der Waals surface area contributed by atoms with Crippen molar-refractivity contribution >= 4 is 27.3 Å². The van der Waals surface area contributed by atoms with Gasteiger partial charge in [0, 0.05) is 31.6 Å². The fourth-order valence-electron chi connectivity index (χ4n) is 3.02. The minimum absolute atomic E-state index is 0.0503. The maximum absolute atomic E-state index is 12.9. The number of nitrogens with one attached hydrogen (secondary N) is 1. The van der Waals surface area contributed by atoms with Gasteiger partial charge in [-0.3, -0.25) is 0 Å². The van der Waals surface area contributed by atoms with E-state index in [1.54, 1.807) is 0 Å². The predicted octanol–water partition coefficient (Wildman–Crippen LogP) is 0.892. The summed E-state index contributed by atoms with van der Waals surface area (Å²) in [6.45, 7) is 2.08. The van der Waals surface area contributed by atoms with Gasteiger partial charge >= 0.3 is 5.97 Å². The van der Waals surface area contributed by atoms with Gasteiger partial charge in [-0.1, -0.05) is 0 Å². The summed E-state index contributed by atoms with van der Waals surface area (Å²) in [6, 6.07) is 0. The molecule has 0 amide bonds. The van der Waals surface area contributed by atoms with Crippen LogP contribution in [-0.4, -0.2) is 56.6 Å². The Morgan fingerprint density at radius 2 is 2.30 bits per heavy atom. The topological polar surface area (TPSA) is 95.9 Å². The van der Waals surface area contributed by atoms with Gasteiger partial charge < -0.3 is 15.2 Å². The van der Waals surface area contributed by atoms with Gasteiger partial charge in [0.2, 0.25) is 0 Å². The van der Waals surface area contributed by atoms with E-state index in [0.717, 1.165) is 29.1 Å². The molecule has 1 fully saturated rings. The van der Waals surface area contributed by atoms with E-state index in [-0.39, 0.29) is 22.4 Å². The molecule has 3 heterocycles. The molecule has 1 saturated heterocycles. The molecule has 1 atom stereocenters. The van der Waals surface area contributed by atoms with Gasteiger partial charge in [-0.15, -0.1) is 11.3 Å². The molecule has 0 unspecified atom stereocenters. The lowest BCUT2D eigenvalue weighted by atomic mass is 10.1. The van der Waals surface area contributed by atoms with Crippen molar-refractivity contribution < 1.29 is 23.1 Å². The Labute approximate surface area is 139 Å². The zero-order chi connectivity index (χ0) is 16.6. The first-order chi connectivity index (χ1) is 10.9. The number of sulfonamides is 1. The lowest BCUT2D eigenvalue weighted by Crippen LogP contribution is -2.34. The van der Waals surface area contributed by atoms with E-state index < -0.39 is 16.0 Å². The summed E-state index contributed by atoms with van der Waals surface area (Å²) >= 11 is 1.07. The van der Waals surface area contributed by atoms with E-state index in [1.165, 1.54) is 11.4 Å². The normalized spacial score (nSPS) is 21.6. The zero-order valence-corrected chi connectivity index (χ0v) is 14.5. The maximum Gasteiger partial charge on any atom is 0.338 e. The van der Waals surface area contributed by atoms with Crippen molar-refractivity contribution in [2.75, 3.05) is 26.7 Å². The molecule has 7 nitrogen and oxygen atoms in total. The Hall–Kier alpha value is -1.00. The molecule has 1 aromatic rings. The minimum atomic E-state index is -3.83. The second kappa shape index (κ2) is 6.48. The van der Waals surface area contributed by atoms with Crippen molar-refractivity contribution in [3.63, 3.8) is 0 Å². The maximum atomic E-state index is 12.9. The van der Waals surface area contributed by atoms with Crippen molar-refractivity contribution in [3.05, 3.63) is 16.0 Å². The first-order valence-electron chi connectivity index (χ1n) is 7.57. The second-order valence-electron chi connectivity index (χ2n) is 5.82. The summed E-state index contributed by atoms with van der Waals surface area (Å²) in [5.74, 6) is -1.17. The van der Waals surface area contributed by atoms with Crippen LogP contribution in [0.15, 0.2) is 4.21 Å². The van der Waals surface area contributed by atoms with E-state index in [1.807, 2.05) is 0 Å². The van der Waals surface area contributed by atoms with Crippen molar-refractivity contribution in [2.45, 2.75) is 36.1 Å². The molecule has 2 aliphatic rings. The van der Waals surface area contributed by atoms with E-state index in [2.05, 4.69) is 5.32 Å². The first kappa shape index (κ1) is 16.8. The minimum Gasteiger partial charge on any atom is -0.478 e. The molecule has 0 radical (unpaired) electrons. The average molecular weight is 360 g/mol. The predicted molar refractivity (Wildman–Crippen MR) is 85.5 cm³/mol. The van der Waals surface area contributed by atoms with E-state index >= 15 is 0 Å². The Bertz CT molecular complexity index is 707. The number of carboxylic acids is 1. The molecule has 128 valence electrons. The van der Waals surface area contributed by atoms with Crippen molar-refractivity contribution in [1.29, 1.82) is 0 Å². The highest BCUT2D eigenvalue weighted by molar-refractivity contribution is 7.91. The largest absolute Gasteiger partial charge is 0.478 e. The molecule has 0 aromatic carbocycles. The van der Waals surface area contributed by atoms with E-state index in [4.69, 9.17) is 4.74 Å². The highest BCUT2D eigenvalue weighted by Crippen LogP contribution is 2.36. The van der Waals surface area contributed by atoms with Gasteiger partial charge in [-0.05, 0) is 31.4 Å². The van der Waals surface area contributed by atoms with Crippen LogP contribution in [0.3, 0.4) is 0 Å². The molecule has 0 spiro atoms. The second-order valence-corrected chi connectivity index (χ2v) is 9.16. The summed E-state index contributed by atoms with van der Waals surface area (Å²) in [5.41, 5.74) is 0.607. The standard InChI is InChI=1S/C14H20N2O5S2/c1-16(8-9-3-2-6-21-9)23(19,20)14-12(13(17)18)10-4-5-15-7-11(10)22-14/h9,15H,2-8H2,1H3,(H,17,18)/t9-/m1/s1. The summed E-state index contributed by atoms with van der Waals surface area (Å²) < 4.78 is 32.4. The molecule has 0 aliphatic carbocycles. The molecule has 1 aromatic heterocycles. The number of likely N-dealkylation sites (N-methyl/N-ethyl adjacent to an activating group) is 1. The third-order valence-electron chi connectivity index (χ3n) is 4.24. The summed E-state index contributed by atoms with van der Waals surface area (Å²) in [5, 5.41) is 12.7. The Balaban J connectivity index is 1.95. The van der Waals surface area contributed by atoms with Crippen LogP contribution in [0.2, 0.25) is 0 Å². The fraction of sp³-hybridized carbons (Fsp3) is 0.643. The number of hydrogen-bond donors (Lipinski definition) is 2. The molecule has 3 rings (SSSR count). The van der Waals surface area contributed by atoms with Gasteiger partial charge in [-0.25, -0.2) is 13.2 Å². The van der Waals surface area contributed by atoms with Crippen LogP contribution in [0.5, 0.6) is 0 Å². The molecular weight excluding hydrogens is 340 g/mol. The van der Waals surface area contributed by atoms with Crippen LogP contribution in [0.25, 0.3) is 0 Å². The highest BCUT2D eigenvalue weighted by Gasteiger charge is 2.35. The van der Waals surface area contributed by atoms with Crippen molar-refractivity contribution in [2.24, 2.45) is 0 Å². The number of carbonyl (C=O) groups is 1. The molecule has 9 heteroatoms. The van der Waals surface area contributed by atoms with Gasteiger partial charge in [0.15, 0.2) is 0 Å². The third kappa shape index (κ3) is 3.16. The number of rotatable bonds is 5. The average Bonchev–Trinajstić information content (AvgIpc) is 3.13. The number of carboxylic acid groups (broad SMARTS) is 1. The zero-order valence-electron chi connectivity index (χ0n) is 12.9. The van der Waals surface area contributed by atoms with Crippen LogP contribution < -0.4 is 5.32 Å². The molecule has 23 heavy (non-hydrogen) atoms. The Morgan fingerprint density at radius 1 is 1.52 bits per heavy atom. The van der Waals surface area contributed by atoms with Crippen LogP contribution in [0, 0.1) is 0 Å². The number of aromatic carboxylic acids is 1. The summed E-state index contributed by atoms with van der Waals surface area (Å²) in [6.07, 6.45) is 2.19. The lowest BCUT2D eigenvalue weighted by Gasteiger charge is -2.20. The van der Waals surface area contributed by atoms with Crippen molar-refractivity contribution in [1.82, 2.24) is 9.62 Å². The van der Waals surface area contributed by atoms with Gasteiger partial charge in [-0.2, -0.15) is 4.31 Å². The number of fused-ring (bicyclic) bond motifs is 1. The Kier molecular flexibility index (Phi) is 4.75. The van der Waals surface area contributed by atoms with Gasteiger partial charge in [0.1, 0.15) is 4.21 Å². The number of thiophene rings is 1. The van der Waals surface area contributed by atoms with Crippen LogP contribution >= 0.6 is 11.3 Å².